The molecule has 1 atom stereocenters. The van der Waals surface area contributed by atoms with E-state index in [1.165, 1.54) is 6.07 Å². The van der Waals surface area contributed by atoms with Gasteiger partial charge in [-0.2, -0.15) is 8.78 Å². The molecule has 1 aliphatic heterocycles. The molecule has 2 aromatic carbocycles. The van der Waals surface area contributed by atoms with Gasteiger partial charge in [-0.3, -0.25) is 4.57 Å². The minimum atomic E-state index is -3.01. The number of carbonyl (C=O) groups is 1. The number of hydrogen-bond donors (Lipinski definition) is 1. The SMILES string of the molecule is CCOC(=O)C1=C(C)Nc2nc3ccccc3n2C1c1cc(Br)ccc1OC(F)F. The van der Waals surface area contributed by atoms with Crippen LogP contribution < -0.4 is 10.1 Å². The normalized spacial score (nSPS) is 15.9. The van der Waals surface area contributed by atoms with Gasteiger partial charge < -0.3 is 14.8 Å². The van der Waals surface area contributed by atoms with Crippen LogP contribution in [0, 0.1) is 0 Å². The number of ether oxygens (including phenoxy) is 2. The van der Waals surface area contributed by atoms with Crippen LogP contribution in [0.3, 0.4) is 0 Å². The molecule has 6 nitrogen and oxygen atoms in total. The van der Waals surface area contributed by atoms with Crippen LogP contribution in [0.5, 0.6) is 5.75 Å². The number of para-hydroxylation sites is 2. The molecule has 4 rings (SSSR count). The number of nitrogens with one attached hydrogen (secondary N) is 1. The monoisotopic (exact) mass is 477 g/mol. The van der Waals surface area contributed by atoms with Gasteiger partial charge in [-0.25, -0.2) is 9.78 Å². The van der Waals surface area contributed by atoms with E-state index in [-0.39, 0.29) is 12.4 Å². The molecular weight excluding hydrogens is 460 g/mol. The number of halogens is 3. The van der Waals surface area contributed by atoms with Crippen LogP contribution in [-0.2, 0) is 9.53 Å². The summed E-state index contributed by atoms with van der Waals surface area (Å²) in [4.78, 5) is 17.5. The number of rotatable bonds is 5. The standard InChI is InChI=1S/C21H18BrF2N3O3/c1-3-29-19(28)17-11(2)25-21-26-14-6-4-5-7-15(14)27(21)18(17)13-10-12(22)8-9-16(13)30-20(23)24/h4-10,18,20H,3H2,1-2H3,(H,25,26). The Morgan fingerprint density at radius 3 is 2.80 bits per heavy atom. The Kier molecular flexibility index (Phi) is 5.46. The Balaban J connectivity index is 2.01. The first-order chi connectivity index (χ1) is 14.4. The number of imidazole rings is 1. The number of hydrogen-bond acceptors (Lipinski definition) is 5. The minimum absolute atomic E-state index is 0.0292. The van der Waals surface area contributed by atoms with E-state index in [1.807, 2.05) is 24.3 Å². The summed E-state index contributed by atoms with van der Waals surface area (Å²) in [5.74, 6) is -0.0768. The number of carbonyl (C=O) groups excluding carboxylic acids is 1. The van der Waals surface area contributed by atoms with Gasteiger partial charge in [0.2, 0.25) is 5.95 Å². The lowest BCUT2D eigenvalue weighted by Gasteiger charge is -2.31. The molecule has 3 aromatic rings. The first kappa shape index (κ1) is 20.3. The van der Waals surface area contributed by atoms with Crippen LogP contribution in [0.15, 0.2) is 58.2 Å². The fraction of sp³-hybridized carbons (Fsp3) is 0.238. The molecule has 156 valence electrons. The Morgan fingerprint density at radius 1 is 1.30 bits per heavy atom. The van der Waals surface area contributed by atoms with E-state index in [9.17, 15) is 13.6 Å². The highest BCUT2D eigenvalue weighted by atomic mass is 79.9. The number of benzene rings is 2. The van der Waals surface area contributed by atoms with Gasteiger partial charge in [-0.05, 0) is 44.2 Å². The molecule has 0 saturated carbocycles. The van der Waals surface area contributed by atoms with Gasteiger partial charge in [0.05, 0.1) is 29.3 Å². The zero-order valence-corrected chi connectivity index (χ0v) is 17.7. The van der Waals surface area contributed by atoms with Crippen LogP contribution in [-0.4, -0.2) is 28.7 Å². The highest BCUT2D eigenvalue weighted by Gasteiger charge is 2.37. The molecule has 1 unspecified atom stereocenters. The second kappa shape index (κ2) is 8.06. The third-order valence-corrected chi connectivity index (χ3v) is 5.30. The van der Waals surface area contributed by atoms with Crippen molar-refractivity contribution in [2.45, 2.75) is 26.5 Å². The molecule has 0 aliphatic carbocycles. The molecule has 0 amide bonds. The first-order valence-corrected chi connectivity index (χ1v) is 10.1. The van der Waals surface area contributed by atoms with E-state index in [2.05, 4.69) is 26.2 Å². The van der Waals surface area contributed by atoms with E-state index in [0.717, 1.165) is 5.52 Å². The fourth-order valence-corrected chi connectivity index (χ4v) is 4.05. The number of nitrogens with zero attached hydrogens (tertiary/aromatic N) is 2. The van der Waals surface area contributed by atoms with Crippen LogP contribution in [0.1, 0.15) is 25.5 Å². The molecule has 1 aromatic heterocycles. The van der Waals surface area contributed by atoms with Gasteiger partial charge in [-0.1, -0.05) is 28.1 Å². The molecule has 0 spiro atoms. The van der Waals surface area contributed by atoms with Crippen molar-refractivity contribution in [3.8, 4) is 5.75 Å². The van der Waals surface area contributed by atoms with Crippen LogP contribution in [0.4, 0.5) is 14.7 Å². The van der Waals surface area contributed by atoms with E-state index in [0.29, 0.717) is 32.8 Å². The van der Waals surface area contributed by atoms with E-state index < -0.39 is 18.6 Å². The number of alkyl halides is 2. The van der Waals surface area contributed by atoms with Crippen molar-refractivity contribution >= 4 is 38.9 Å². The third kappa shape index (κ3) is 3.54. The second-order valence-electron chi connectivity index (χ2n) is 6.64. The lowest BCUT2D eigenvalue weighted by Crippen LogP contribution is -2.29. The molecular formula is C21H18BrF2N3O3. The summed E-state index contributed by atoms with van der Waals surface area (Å²) in [6, 6.07) is 11.3. The predicted molar refractivity (Wildman–Crippen MR) is 112 cm³/mol. The zero-order valence-electron chi connectivity index (χ0n) is 16.2. The van der Waals surface area contributed by atoms with E-state index >= 15 is 0 Å². The van der Waals surface area contributed by atoms with Crippen molar-refractivity contribution in [1.82, 2.24) is 9.55 Å². The predicted octanol–water partition coefficient (Wildman–Crippen LogP) is 5.25. The third-order valence-electron chi connectivity index (χ3n) is 4.81. The summed E-state index contributed by atoms with van der Waals surface area (Å²) < 4.78 is 38.8. The maximum Gasteiger partial charge on any atom is 0.387 e. The van der Waals surface area contributed by atoms with Crippen molar-refractivity contribution < 1.29 is 23.0 Å². The summed E-state index contributed by atoms with van der Waals surface area (Å²) in [5, 5.41) is 3.14. The van der Waals surface area contributed by atoms with Gasteiger partial charge in [0.25, 0.3) is 0 Å². The largest absolute Gasteiger partial charge is 0.463 e. The van der Waals surface area contributed by atoms with Crippen molar-refractivity contribution in [2.75, 3.05) is 11.9 Å². The van der Waals surface area contributed by atoms with Crippen molar-refractivity contribution in [3.63, 3.8) is 0 Å². The summed E-state index contributed by atoms with van der Waals surface area (Å²) in [6.07, 6.45) is 0. The average molecular weight is 478 g/mol. The minimum Gasteiger partial charge on any atom is -0.463 e. The van der Waals surface area contributed by atoms with Gasteiger partial charge in [-0.15, -0.1) is 0 Å². The Labute approximate surface area is 179 Å². The smallest absolute Gasteiger partial charge is 0.387 e. The first-order valence-electron chi connectivity index (χ1n) is 9.26. The molecule has 1 aliphatic rings. The molecule has 0 radical (unpaired) electrons. The number of fused-ring (bicyclic) bond motifs is 3. The molecule has 9 heteroatoms. The second-order valence-corrected chi connectivity index (χ2v) is 7.56. The Morgan fingerprint density at radius 2 is 2.07 bits per heavy atom. The van der Waals surface area contributed by atoms with Crippen LogP contribution in [0.25, 0.3) is 11.0 Å². The van der Waals surface area contributed by atoms with Crippen molar-refractivity contribution in [1.29, 1.82) is 0 Å². The topological polar surface area (TPSA) is 65.4 Å². The van der Waals surface area contributed by atoms with Crippen molar-refractivity contribution in [2.24, 2.45) is 0 Å². The maximum absolute atomic E-state index is 13.1. The summed E-state index contributed by atoms with van der Waals surface area (Å²) >= 11 is 3.40. The number of esters is 1. The highest BCUT2D eigenvalue weighted by Crippen LogP contribution is 2.43. The van der Waals surface area contributed by atoms with E-state index in [4.69, 9.17) is 9.47 Å². The molecule has 0 saturated heterocycles. The van der Waals surface area contributed by atoms with Crippen LogP contribution in [0.2, 0.25) is 0 Å². The fourth-order valence-electron chi connectivity index (χ4n) is 3.67. The van der Waals surface area contributed by atoms with Gasteiger partial charge >= 0.3 is 12.6 Å². The molecule has 1 N–H and O–H groups in total. The number of anilines is 1. The van der Waals surface area contributed by atoms with E-state index in [1.54, 1.807) is 30.5 Å². The van der Waals surface area contributed by atoms with Crippen LogP contribution >= 0.6 is 15.9 Å². The molecule has 30 heavy (non-hydrogen) atoms. The van der Waals surface area contributed by atoms with Gasteiger partial charge in [0.1, 0.15) is 5.75 Å². The van der Waals surface area contributed by atoms with Gasteiger partial charge in [0, 0.05) is 15.7 Å². The summed E-state index contributed by atoms with van der Waals surface area (Å²) in [7, 11) is 0. The average Bonchev–Trinajstić information content (AvgIpc) is 3.06. The van der Waals surface area contributed by atoms with Gasteiger partial charge in [0.15, 0.2) is 0 Å². The zero-order chi connectivity index (χ0) is 21.4. The lowest BCUT2D eigenvalue weighted by molar-refractivity contribution is -0.139. The number of aromatic nitrogens is 2. The quantitative estimate of drug-likeness (QED) is 0.508. The Hall–Kier alpha value is -2.94. The summed E-state index contributed by atoms with van der Waals surface area (Å²) in [6.45, 7) is 0.607. The molecule has 0 fully saturated rings. The maximum atomic E-state index is 13.1. The molecule has 2 heterocycles. The number of allylic oxidation sites excluding steroid dienone is 1. The Bertz CT molecular complexity index is 1160. The summed E-state index contributed by atoms with van der Waals surface area (Å²) in [5.41, 5.74) is 2.66. The highest BCUT2D eigenvalue weighted by molar-refractivity contribution is 9.10. The lowest BCUT2D eigenvalue weighted by atomic mass is 9.94. The molecule has 0 bridgehead atoms. The van der Waals surface area contributed by atoms with Crippen molar-refractivity contribution in [3.05, 3.63) is 63.8 Å².